The molecule has 1 spiro atoms. The number of amides is 1. The number of hydrogen-bond acceptors (Lipinski definition) is 4. The molecule has 1 amide bonds. The van der Waals surface area contributed by atoms with Gasteiger partial charge in [-0.1, -0.05) is 12.5 Å². The molecule has 2 aromatic heterocycles. The molecule has 2 unspecified atom stereocenters. The van der Waals surface area contributed by atoms with Gasteiger partial charge in [0.05, 0.1) is 11.6 Å². The van der Waals surface area contributed by atoms with Crippen molar-refractivity contribution in [3.05, 3.63) is 30.0 Å². The largest absolute Gasteiger partial charge is 0.382 e. The van der Waals surface area contributed by atoms with Gasteiger partial charge in [0.2, 0.25) is 0 Å². The molecule has 0 bridgehead atoms. The van der Waals surface area contributed by atoms with Crippen molar-refractivity contribution in [1.82, 2.24) is 14.5 Å². The Morgan fingerprint density at radius 3 is 2.91 bits per heavy atom. The van der Waals surface area contributed by atoms with Crippen molar-refractivity contribution >= 4 is 17.2 Å². The highest BCUT2D eigenvalue weighted by Crippen LogP contribution is 2.58. The summed E-state index contributed by atoms with van der Waals surface area (Å²) in [4.78, 5) is 14.9. The molecular weight excluding hydrogens is 292 g/mol. The Morgan fingerprint density at radius 2 is 2.26 bits per heavy atom. The predicted molar refractivity (Wildman–Crippen MR) is 87.2 cm³/mol. The summed E-state index contributed by atoms with van der Waals surface area (Å²) >= 11 is 0. The lowest BCUT2D eigenvalue weighted by Gasteiger charge is -2.62. The SMILES string of the molecule is COC1CC(N(C)C(=O)c2c(N)nn3ccccc23)C12CCC2. The number of carbonyl (C=O) groups excluding carboxylic acids is 1. The smallest absolute Gasteiger partial charge is 0.259 e. The fourth-order valence-corrected chi connectivity index (χ4v) is 4.40. The summed E-state index contributed by atoms with van der Waals surface area (Å²) in [5.41, 5.74) is 7.42. The van der Waals surface area contributed by atoms with E-state index in [-0.39, 0.29) is 23.5 Å². The predicted octanol–water partition coefficient (Wildman–Crippen LogP) is 1.95. The zero-order chi connectivity index (χ0) is 16.2. The third-order valence-electron chi connectivity index (χ3n) is 5.88. The number of anilines is 1. The molecule has 2 N–H and O–H groups in total. The number of fused-ring (bicyclic) bond motifs is 1. The van der Waals surface area contributed by atoms with Crippen LogP contribution in [0.2, 0.25) is 0 Å². The number of carbonyl (C=O) groups is 1. The first-order chi connectivity index (χ1) is 11.1. The Bertz CT molecular complexity index is 765. The van der Waals surface area contributed by atoms with E-state index in [1.54, 1.807) is 17.8 Å². The van der Waals surface area contributed by atoms with E-state index < -0.39 is 0 Å². The summed E-state index contributed by atoms with van der Waals surface area (Å²) in [5, 5.41) is 4.24. The van der Waals surface area contributed by atoms with Gasteiger partial charge >= 0.3 is 0 Å². The van der Waals surface area contributed by atoms with Crippen LogP contribution in [-0.4, -0.2) is 46.7 Å². The van der Waals surface area contributed by atoms with Crippen LogP contribution in [-0.2, 0) is 4.74 Å². The van der Waals surface area contributed by atoms with Gasteiger partial charge in [0, 0.05) is 31.8 Å². The van der Waals surface area contributed by atoms with Crippen LogP contribution < -0.4 is 5.73 Å². The standard InChI is InChI=1S/C17H22N4O2/c1-20(12-10-13(23-2)17(12)7-5-8-17)16(22)14-11-6-3-4-9-21(11)19-15(14)18/h3-4,6,9,12-13H,5,7-8,10H2,1-2H3,(H2,18,19). The van der Waals surface area contributed by atoms with Crippen molar-refractivity contribution < 1.29 is 9.53 Å². The van der Waals surface area contributed by atoms with Gasteiger partial charge in [0.25, 0.3) is 5.91 Å². The summed E-state index contributed by atoms with van der Waals surface area (Å²) in [6.07, 6.45) is 6.48. The maximum absolute atomic E-state index is 13.0. The third kappa shape index (κ3) is 1.84. The van der Waals surface area contributed by atoms with Gasteiger partial charge in [-0.05, 0) is 31.4 Å². The molecule has 6 nitrogen and oxygen atoms in total. The lowest BCUT2D eigenvalue weighted by atomic mass is 9.50. The molecule has 2 fully saturated rings. The first kappa shape index (κ1) is 14.5. The van der Waals surface area contributed by atoms with Crippen LogP contribution in [0, 0.1) is 5.41 Å². The van der Waals surface area contributed by atoms with Crippen LogP contribution in [0.5, 0.6) is 0 Å². The quantitative estimate of drug-likeness (QED) is 0.940. The van der Waals surface area contributed by atoms with Crippen LogP contribution in [0.25, 0.3) is 5.52 Å². The molecule has 2 aliphatic carbocycles. The molecule has 0 saturated heterocycles. The maximum Gasteiger partial charge on any atom is 0.259 e. The van der Waals surface area contributed by atoms with Gasteiger partial charge in [-0.3, -0.25) is 4.79 Å². The first-order valence-electron chi connectivity index (χ1n) is 8.11. The number of rotatable bonds is 3. The monoisotopic (exact) mass is 314 g/mol. The molecule has 2 aliphatic rings. The van der Waals surface area contributed by atoms with Crippen molar-refractivity contribution in [2.24, 2.45) is 5.41 Å². The highest BCUT2D eigenvalue weighted by Gasteiger charge is 2.60. The highest BCUT2D eigenvalue weighted by molar-refractivity contribution is 6.05. The summed E-state index contributed by atoms with van der Waals surface area (Å²) < 4.78 is 7.27. The number of methoxy groups -OCH3 is 1. The topological polar surface area (TPSA) is 72.9 Å². The number of nitrogens with two attached hydrogens (primary N) is 1. The first-order valence-corrected chi connectivity index (χ1v) is 8.11. The number of hydrogen-bond donors (Lipinski definition) is 1. The molecule has 122 valence electrons. The Balaban J connectivity index is 1.65. The third-order valence-corrected chi connectivity index (χ3v) is 5.88. The lowest BCUT2D eigenvalue weighted by molar-refractivity contribution is -0.182. The molecule has 2 saturated carbocycles. The van der Waals surface area contributed by atoms with Gasteiger partial charge in [0.15, 0.2) is 5.82 Å². The molecule has 2 atom stereocenters. The van der Waals surface area contributed by atoms with Crippen LogP contribution in [0.4, 0.5) is 5.82 Å². The van der Waals surface area contributed by atoms with Crippen LogP contribution >= 0.6 is 0 Å². The molecular formula is C17H22N4O2. The molecule has 0 radical (unpaired) electrons. The minimum Gasteiger partial charge on any atom is -0.382 e. The van der Waals surface area contributed by atoms with E-state index in [0.29, 0.717) is 11.4 Å². The van der Waals surface area contributed by atoms with Gasteiger partial charge in [-0.15, -0.1) is 5.10 Å². The fraction of sp³-hybridized carbons (Fsp3) is 0.529. The Morgan fingerprint density at radius 1 is 1.48 bits per heavy atom. The maximum atomic E-state index is 13.0. The van der Waals surface area contributed by atoms with Gasteiger partial charge in [-0.2, -0.15) is 0 Å². The Kier molecular flexibility index (Phi) is 3.13. The number of pyridine rings is 1. The van der Waals surface area contributed by atoms with Crippen molar-refractivity contribution in [2.45, 2.75) is 37.8 Å². The van der Waals surface area contributed by atoms with Crippen molar-refractivity contribution in [1.29, 1.82) is 0 Å². The van der Waals surface area contributed by atoms with E-state index in [1.807, 2.05) is 30.1 Å². The highest BCUT2D eigenvalue weighted by atomic mass is 16.5. The van der Waals surface area contributed by atoms with E-state index in [4.69, 9.17) is 10.5 Å². The van der Waals surface area contributed by atoms with Crippen LogP contribution in [0.1, 0.15) is 36.0 Å². The molecule has 23 heavy (non-hydrogen) atoms. The number of nitrogen functional groups attached to an aromatic ring is 1. The average Bonchev–Trinajstić information content (AvgIpc) is 2.80. The molecule has 0 aromatic carbocycles. The molecule has 6 heteroatoms. The Labute approximate surface area is 135 Å². The van der Waals surface area contributed by atoms with Gasteiger partial charge in [-0.25, -0.2) is 4.52 Å². The zero-order valence-electron chi connectivity index (χ0n) is 13.5. The number of ether oxygens (including phenoxy) is 1. The molecule has 0 aliphatic heterocycles. The van der Waals surface area contributed by atoms with E-state index in [1.165, 1.54) is 6.42 Å². The average molecular weight is 314 g/mol. The fourth-order valence-electron chi connectivity index (χ4n) is 4.40. The Hall–Kier alpha value is -2.08. The normalized spacial score (nSPS) is 25.1. The second-order valence-corrected chi connectivity index (χ2v) is 6.77. The second kappa shape index (κ2) is 4.96. The molecule has 2 aromatic rings. The molecule has 4 rings (SSSR count). The van der Waals surface area contributed by atoms with Crippen molar-refractivity contribution in [3.8, 4) is 0 Å². The molecule has 2 heterocycles. The van der Waals surface area contributed by atoms with Crippen molar-refractivity contribution in [2.75, 3.05) is 19.9 Å². The summed E-state index contributed by atoms with van der Waals surface area (Å²) in [6, 6.07) is 5.87. The van der Waals surface area contributed by atoms with Gasteiger partial charge < -0.3 is 15.4 Å². The summed E-state index contributed by atoms with van der Waals surface area (Å²) in [7, 11) is 3.65. The second-order valence-electron chi connectivity index (χ2n) is 6.77. The van der Waals surface area contributed by atoms with E-state index in [9.17, 15) is 4.79 Å². The van der Waals surface area contributed by atoms with E-state index >= 15 is 0 Å². The van der Waals surface area contributed by atoms with Gasteiger partial charge in [0.1, 0.15) is 5.56 Å². The van der Waals surface area contributed by atoms with E-state index in [2.05, 4.69) is 5.10 Å². The lowest BCUT2D eigenvalue weighted by Crippen LogP contribution is -2.67. The summed E-state index contributed by atoms with van der Waals surface area (Å²) in [5.74, 6) is 0.243. The summed E-state index contributed by atoms with van der Waals surface area (Å²) in [6.45, 7) is 0. The van der Waals surface area contributed by atoms with Crippen molar-refractivity contribution in [3.63, 3.8) is 0 Å². The van der Waals surface area contributed by atoms with Crippen LogP contribution in [0.3, 0.4) is 0 Å². The van der Waals surface area contributed by atoms with E-state index in [0.717, 1.165) is 24.8 Å². The number of aromatic nitrogens is 2. The minimum atomic E-state index is -0.0467. The zero-order valence-corrected chi connectivity index (χ0v) is 13.5. The minimum absolute atomic E-state index is 0.0467. The number of nitrogens with zero attached hydrogens (tertiary/aromatic N) is 3. The van der Waals surface area contributed by atoms with Crippen LogP contribution in [0.15, 0.2) is 24.4 Å².